The van der Waals surface area contributed by atoms with Gasteiger partial charge in [0, 0.05) is 0 Å². The predicted octanol–water partition coefficient (Wildman–Crippen LogP) is 2.11. The standard InChI is InChI=1S/C14H9NO4/c16-13-12(10-5-2-1-3-6-10)14(17)19-15(13)9-11-7-4-8-18-11/h1-9H/p+1. The van der Waals surface area contributed by atoms with Crippen LogP contribution in [0.5, 0.6) is 0 Å². The molecule has 1 N–H and O–H groups in total. The van der Waals surface area contributed by atoms with Gasteiger partial charge >= 0.3 is 11.9 Å². The fourth-order valence-corrected chi connectivity index (χ4v) is 1.80. The lowest BCUT2D eigenvalue weighted by atomic mass is 10.1. The highest BCUT2D eigenvalue weighted by Crippen LogP contribution is 2.25. The van der Waals surface area contributed by atoms with Crippen LogP contribution in [0, 0.1) is 0 Å². The number of hydrogen-bond acceptors (Lipinski definition) is 4. The fraction of sp³-hybridized carbons (Fsp3) is 0. The number of aliphatic hydroxyl groups is 1. The minimum Gasteiger partial charge on any atom is -0.459 e. The Morgan fingerprint density at radius 2 is 1.89 bits per heavy atom. The molecule has 0 radical (unpaired) electrons. The van der Waals surface area contributed by atoms with Crippen LogP contribution in [0.15, 0.2) is 59.0 Å². The molecule has 0 amide bonds. The SMILES string of the molecule is O=C1O[N+](=Cc2ccco2)C(O)=C1c1ccccc1. The lowest BCUT2D eigenvalue weighted by molar-refractivity contribution is -0.729. The molecule has 5 heteroatoms. The molecule has 3 rings (SSSR count). The monoisotopic (exact) mass is 256 g/mol. The summed E-state index contributed by atoms with van der Waals surface area (Å²) >= 11 is 0. The second-order valence-corrected chi connectivity index (χ2v) is 3.91. The second-order valence-electron chi connectivity index (χ2n) is 3.91. The zero-order valence-corrected chi connectivity index (χ0v) is 9.82. The molecule has 2 aromatic rings. The van der Waals surface area contributed by atoms with Crippen LogP contribution in [-0.2, 0) is 9.63 Å². The maximum absolute atomic E-state index is 11.8. The molecule has 0 aliphatic carbocycles. The van der Waals surface area contributed by atoms with Crippen molar-refractivity contribution in [2.24, 2.45) is 0 Å². The molecular weight excluding hydrogens is 246 g/mol. The number of carbonyl (C=O) groups excluding carboxylic acids is 1. The first kappa shape index (κ1) is 11.3. The summed E-state index contributed by atoms with van der Waals surface area (Å²) in [6.07, 6.45) is 2.88. The van der Waals surface area contributed by atoms with Gasteiger partial charge < -0.3 is 9.52 Å². The van der Waals surface area contributed by atoms with Crippen LogP contribution in [0.3, 0.4) is 0 Å². The van der Waals surface area contributed by atoms with Gasteiger partial charge in [0.25, 0.3) is 6.21 Å². The summed E-state index contributed by atoms with van der Waals surface area (Å²) in [5.74, 6) is -0.396. The van der Waals surface area contributed by atoms with Crippen molar-refractivity contribution in [2.45, 2.75) is 0 Å². The second kappa shape index (κ2) is 4.45. The van der Waals surface area contributed by atoms with Gasteiger partial charge in [-0.25, -0.2) is 4.79 Å². The Hall–Kier alpha value is -2.82. The molecule has 1 aromatic carbocycles. The van der Waals surface area contributed by atoms with Gasteiger partial charge in [0.15, 0.2) is 11.3 Å². The van der Waals surface area contributed by atoms with Crippen molar-refractivity contribution in [3.8, 4) is 0 Å². The number of hydrogen-bond donors (Lipinski definition) is 1. The van der Waals surface area contributed by atoms with E-state index in [0.29, 0.717) is 11.3 Å². The number of carbonyl (C=O) groups is 1. The van der Waals surface area contributed by atoms with Crippen LogP contribution in [0.25, 0.3) is 5.57 Å². The van der Waals surface area contributed by atoms with E-state index in [1.54, 1.807) is 36.4 Å². The zero-order chi connectivity index (χ0) is 13.2. The van der Waals surface area contributed by atoms with Crippen LogP contribution in [0.1, 0.15) is 11.3 Å². The number of rotatable bonds is 2. The van der Waals surface area contributed by atoms with E-state index in [1.165, 1.54) is 12.5 Å². The Labute approximate surface area is 108 Å². The van der Waals surface area contributed by atoms with Gasteiger partial charge in [-0.1, -0.05) is 30.3 Å². The van der Waals surface area contributed by atoms with Crippen LogP contribution >= 0.6 is 0 Å². The van der Waals surface area contributed by atoms with Crippen molar-refractivity contribution in [1.29, 1.82) is 0 Å². The van der Waals surface area contributed by atoms with Crippen molar-refractivity contribution in [3.63, 3.8) is 0 Å². The summed E-state index contributed by atoms with van der Waals surface area (Å²) in [5, 5.41) is 10.1. The Bertz CT molecular complexity index is 669. The lowest BCUT2D eigenvalue weighted by Gasteiger charge is -1.92. The van der Waals surface area contributed by atoms with Gasteiger partial charge in [-0.15, -0.1) is 0 Å². The predicted molar refractivity (Wildman–Crippen MR) is 66.2 cm³/mol. The van der Waals surface area contributed by atoms with Crippen molar-refractivity contribution >= 4 is 17.8 Å². The fourth-order valence-electron chi connectivity index (χ4n) is 1.80. The van der Waals surface area contributed by atoms with Crippen LogP contribution in [0.2, 0.25) is 0 Å². The molecule has 0 unspecified atom stereocenters. The third-order valence-corrected chi connectivity index (χ3v) is 2.67. The number of aliphatic hydroxyl groups excluding tert-OH is 1. The molecule has 19 heavy (non-hydrogen) atoms. The van der Waals surface area contributed by atoms with Crippen molar-refractivity contribution in [3.05, 3.63) is 65.9 Å². The van der Waals surface area contributed by atoms with Gasteiger partial charge in [-0.05, 0) is 17.7 Å². The molecule has 0 saturated heterocycles. The van der Waals surface area contributed by atoms with Crippen LogP contribution in [0.4, 0.5) is 0 Å². The number of benzene rings is 1. The van der Waals surface area contributed by atoms with E-state index >= 15 is 0 Å². The van der Waals surface area contributed by atoms with Gasteiger partial charge in [-0.2, -0.15) is 4.84 Å². The molecule has 0 atom stereocenters. The van der Waals surface area contributed by atoms with Gasteiger partial charge in [0.1, 0.15) is 0 Å². The smallest absolute Gasteiger partial charge is 0.431 e. The maximum atomic E-state index is 11.8. The van der Waals surface area contributed by atoms with E-state index in [0.717, 1.165) is 4.74 Å². The molecule has 1 aliphatic rings. The highest BCUT2D eigenvalue weighted by Gasteiger charge is 2.40. The summed E-state index contributed by atoms with van der Waals surface area (Å²) in [6, 6.07) is 12.2. The topological polar surface area (TPSA) is 62.7 Å². The minimum absolute atomic E-state index is 0.128. The van der Waals surface area contributed by atoms with Crippen LogP contribution in [-0.4, -0.2) is 22.0 Å². The van der Waals surface area contributed by atoms with E-state index < -0.39 is 5.97 Å². The molecule has 0 fully saturated rings. The number of nitrogens with zero attached hydrogens (tertiary/aromatic N) is 1. The van der Waals surface area contributed by atoms with Crippen molar-refractivity contribution < 1.29 is 23.9 Å². The summed E-state index contributed by atoms with van der Waals surface area (Å²) in [6.45, 7) is 0. The molecule has 0 spiro atoms. The average Bonchev–Trinajstić information content (AvgIpc) is 3.01. The van der Waals surface area contributed by atoms with Gasteiger partial charge in [0.2, 0.25) is 0 Å². The highest BCUT2D eigenvalue weighted by atomic mass is 16.7. The van der Waals surface area contributed by atoms with Crippen molar-refractivity contribution in [1.82, 2.24) is 0 Å². The normalized spacial score (nSPS) is 17.1. The van der Waals surface area contributed by atoms with E-state index in [2.05, 4.69) is 0 Å². The average molecular weight is 256 g/mol. The number of hydroxylamine groups is 1. The van der Waals surface area contributed by atoms with Gasteiger partial charge in [0.05, 0.1) is 11.0 Å². The lowest BCUT2D eigenvalue weighted by Crippen LogP contribution is -2.09. The molecule has 0 bridgehead atoms. The largest absolute Gasteiger partial charge is 0.459 e. The summed E-state index contributed by atoms with van der Waals surface area (Å²) in [4.78, 5) is 16.8. The summed E-state index contributed by atoms with van der Waals surface area (Å²) in [5.41, 5.74) is 0.726. The van der Waals surface area contributed by atoms with E-state index in [4.69, 9.17) is 9.25 Å². The van der Waals surface area contributed by atoms with E-state index in [9.17, 15) is 9.90 Å². The van der Waals surface area contributed by atoms with Crippen LogP contribution < -0.4 is 0 Å². The number of furan rings is 1. The van der Waals surface area contributed by atoms with Crippen molar-refractivity contribution in [2.75, 3.05) is 0 Å². The Kier molecular flexibility index (Phi) is 2.64. The third-order valence-electron chi connectivity index (χ3n) is 2.67. The quantitative estimate of drug-likeness (QED) is 0.660. The zero-order valence-electron chi connectivity index (χ0n) is 9.82. The first-order valence-corrected chi connectivity index (χ1v) is 5.64. The minimum atomic E-state index is -0.605. The molecule has 2 heterocycles. The first-order chi connectivity index (χ1) is 9.25. The molecule has 94 valence electrons. The molecule has 5 nitrogen and oxygen atoms in total. The van der Waals surface area contributed by atoms with E-state index in [1.807, 2.05) is 6.07 Å². The Balaban J connectivity index is 2.05. The molecular formula is C14H10NO4+. The molecule has 1 aliphatic heterocycles. The Morgan fingerprint density at radius 1 is 1.11 bits per heavy atom. The molecule has 1 aromatic heterocycles. The summed E-state index contributed by atoms with van der Waals surface area (Å²) < 4.78 is 6.09. The third kappa shape index (κ3) is 2.01. The maximum Gasteiger partial charge on any atom is 0.431 e. The van der Waals surface area contributed by atoms with E-state index in [-0.39, 0.29) is 11.5 Å². The van der Waals surface area contributed by atoms with Gasteiger partial charge in [-0.3, -0.25) is 0 Å². The summed E-state index contributed by atoms with van der Waals surface area (Å²) in [7, 11) is 0. The highest BCUT2D eigenvalue weighted by molar-refractivity contribution is 6.17. The molecule has 0 saturated carbocycles. The first-order valence-electron chi connectivity index (χ1n) is 5.64. The Morgan fingerprint density at radius 3 is 2.58 bits per heavy atom.